The molecule has 270 valence electrons. The molecule has 4 heterocycles. The second kappa shape index (κ2) is 11.7. The molecule has 0 radical (unpaired) electrons. The summed E-state index contributed by atoms with van der Waals surface area (Å²) in [5.74, 6) is 1.78. The van der Waals surface area contributed by atoms with Gasteiger partial charge in [-0.3, -0.25) is 0 Å². The number of nitrogens with zero attached hydrogens (tertiary/aromatic N) is 2. The average Bonchev–Trinajstić information content (AvgIpc) is 3.81. The number of ether oxygens (including phenoxy) is 1. The Morgan fingerprint density at radius 1 is 0.328 bits per heavy atom. The van der Waals surface area contributed by atoms with E-state index in [0.29, 0.717) is 0 Å². The van der Waals surface area contributed by atoms with Crippen molar-refractivity contribution >= 4 is 43.6 Å². The van der Waals surface area contributed by atoms with Crippen molar-refractivity contribution in [3.63, 3.8) is 0 Å². The Labute approximate surface area is 335 Å². The van der Waals surface area contributed by atoms with Crippen LogP contribution in [0.1, 0.15) is 22.3 Å². The highest BCUT2D eigenvalue weighted by molar-refractivity contribution is 6.13. The van der Waals surface area contributed by atoms with Crippen molar-refractivity contribution in [2.45, 2.75) is 5.41 Å². The van der Waals surface area contributed by atoms with Gasteiger partial charge in [0, 0.05) is 38.4 Å². The third-order valence-electron chi connectivity index (χ3n) is 12.8. The lowest BCUT2D eigenvalue weighted by Gasteiger charge is -2.45. The smallest absolute Gasteiger partial charge is 0.132 e. The first-order valence-electron chi connectivity index (χ1n) is 20.0. The molecule has 0 N–H and O–H groups in total. The first-order valence-corrected chi connectivity index (χ1v) is 20.0. The van der Waals surface area contributed by atoms with E-state index >= 15 is 0 Å². The molecule has 1 spiro atoms. The summed E-state index contributed by atoms with van der Waals surface area (Å²) in [7, 11) is 0. The van der Waals surface area contributed by atoms with Crippen LogP contribution in [0.3, 0.4) is 0 Å². The molecule has 2 aromatic heterocycles. The maximum absolute atomic E-state index is 6.82. The maximum Gasteiger partial charge on any atom is 0.132 e. The van der Waals surface area contributed by atoms with Crippen molar-refractivity contribution in [1.82, 2.24) is 9.13 Å². The lowest BCUT2D eigenvalue weighted by atomic mass is 9.61. The molecule has 0 saturated carbocycles. The number of fused-ring (bicyclic) bond motifs is 14. The van der Waals surface area contributed by atoms with Crippen molar-refractivity contribution in [3.8, 4) is 45.1 Å². The predicted octanol–water partition coefficient (Wildman–Crippen LogP) is 14.0. The lowest BCUT2D eigenvalue weighted by Crippen LogP contribution is -2.37. The molecule has 0 saturated heterocycles. The molecule has 2 aliphatic rings. The summed E-state index contributed by atoms with van der Waals surface area (Å²) in [5, 5.41) is 5.04. The first kappa shape index (κ1) is 31.6. The van der Waals surface area contributed by atoms with Gasteiger partial charge in [0.25, 0.3) is 0 Å². The number of hydrogen-bond acceptors (Lipinski definition) is 1. The second-order valence-electron chi connectivity index (χ2n) is 15.6. The Morgan fingerprint density at radius 3 is 1.69 bits per heavy atom. The molecule has 9 aromatic carbocycles. The minimum Gasteiger partial charge on any atom is -0.457 e. The lowest BCUT2D eigenvalue weighted by molar-refractivity contribution is 0.434. The molecule has 0 bridgehead atoms. The highest BCUT2D eigenvalue weighted by Crippen LogP contribution is 2.60. The van der Waals surface area contributed by atoms with Crippen LogP contribution in [0, 0.1) is 0 Å². The summed E-state index contributed by atoms with van der Waals surface area (Å²) < 4.78 is 11.7. The zero-order valence-corrected chi connectivity index (χ0v) is 31.4. The fourth-order valence-electron chi connectivity index (χ4n) is 10.4. The SMILES string of the molecule is c1ccc(-n2c3ccccc3c3cc(-c4ccc(-c5ccc6c(c5)C5(c7ccccc7O6)c6ccccc6-n6c7ccccc7c7cccc5c76)cc4)ccc32)cc1. The van der Waals surface area contributed by atoms with Gasteiger partial charge < -0.3 is 13.9 Å². The number of rotatable bonds is 3. The van der Waals surface area contributed by atoms with Crippen molar-refractivity contribution in [2.24, 2.45) is 0 Å². The molecule has 58 heavy (non-hydrogen) atoms. The van der Waals surface area contributed by atoms with E-state index in [4.69, 9.17) is 4.74 Å². The minimum absolute atomic E-state index is 0.602. The maximum atomic E-state index is 6.82. The van der Waals surface area contributed by atoms with E-state index in [0.717, 1.165) is 28.2 Å². The summed E-state index contributed by atoms with van der Waals surface area (Å²) in [5.41, 5.74) is 16.2. The Balaban J connectivity index is 0.984. The monoisotopic (exact) mass is 738 g/mol. The van der Waals surface area contributed by atoms with Gasteiger partial charge in [0.1, 0.15) is 11.5 Å². The number of hydrogen-bond donors (Lipinski definition) is 0. The van der Waals surface area contributed by atoms with Crippen LogP contribution in [0.25, 0.3) is 77.2 Å². The zero-order valence-electron chi connectivity index (χ0n) is 31.4. The predicted molar refractivity (Wildman–Crippen MR) is 238 cm³/mol. The van der Waals surface area contributed by atoms with Gasteiger partial charge in [-0.25, -0.2) is 0 Å². The molecule has 0 aliphatic carbocycles. The summed E-state index contributed by atoms with van der Waals surface area (Å²) in [6.07, 6.45) is 0. The van der Waals surface area contributed by atoms with Gasteiger partial charge in [0.2, 0.25) is 0 Å². The van der Waals surface area contributed by atoms with E-state index in [9.17, 15) is 0 Å². The van der Waals surface area contributed by atoms with Gasteiger partial charge >= 0.3 is 0 Å². The van der Waals surface area contributed by atoms with Crippen molar-refractivity contribution in [1.29, 1.82) is 0 Å². The highest BCUT2D eigenvalue weighted by Gasteiger charge is 2.50. The standard InChI is InChI=1S/C55H34N2O/c1-2-13-39(14-3-1)56-48-21-8-5-16-41(48)43-33-37(29-31-50(43)56)35-25-27-36(28-26-35)38-30-32-53-47(34-38)55(45-19-7-11-24-52(45)58-53)44-18-6-10-23-51(44)57-49-22-9-4-15-40(49)42-17-12-20-46(55)54(42)57/h1-34H. The summed E-state index contributed by atoms with van der Waals surface area (Å²) in [4.78, 5) is 0. The third kappa shape index (κ3) is 4.12. The van der Waals surface area contributed by atoms with Crippen molar-refractivity contribution in [2.75, 3.05) is 0 Å². The van der Waals surface area contributed by atoms with Crippen LogP contribution in [-0.2, 0) is 5.41 Å². The van der Waals surface area contributed by atoms with Crippen LogP contribution in [0.4, 0.5) is 0 Å². The van der Waals surface area contributed by atoms with E-state index in [1.54, 1.807) is 0 Å². The van der Waals surface area contributed by atoms with Gasteiger partial charge in [0.05, 0.1) is 33.2 Å². The second-order valence-corrected chi connectivity index (χ2v) is 15.6. The quantitative estimate of drug-likeness (QED) is 0.177. The Hall–Kier alpha value is -7.62. The third-order valence-corrected chi connectivity index (χ3v) is 12.8. The molecule has 0 fully saturated rings. The summed E-state index contributed by atoms with van der Waals surface area (Å²) >= 11 is 0. The molecule has 3 nitrogen and oxygen atoms in total. The molecule has 1 atom stereocenters. The normalized spacial score (nSPS) is 15.1. The van der Waals surface area contributed by atoms with E-state index in [1.807, 2.05) is 0 Å². The number of benzene rings is 9. The van der Waals surface area contributed by atoms with Gasteiger partial charge in [0.15, 0.2) is 0 Å². The molecule has 13 rings (SSSR count). The highest BCUT2D eigenvalue weighted by atomic mass is 16.5. The number of para-hydroxylation sites is 6. The fourth-order valence-corrected chi connectivity index (χ4v) is 10.4. The molecular weight excluding hydrogens is 705 g/mol. The van der Waals surface area contributed by atoms with E-state index in [1.165, 1.54) is 82.8 Å². The van der Waals surface area contributed by atoms with Gasteiger partial charge in [-0.05, 0) is 94.0 Å². The van der Waals surface area contributed by atoms with E-state index < -0.39 is 5.41 Å². The average molecular weight is 739 g/mol. The van der Waals surface area contributed by atoms with Crippen molar-refractivity contribution in [3.05, 3.63) is 229 Å². The fraction of sp³-hybridized carbons (Fsp3) is 0.0182. The molecule has 1 unspecified atom stereocenters. The Morgan fingerprint density at radius 2 is 0.879 bits per heavy atom. The van der Waals surface area contributed by atoms with E-state index in [2.05, 4.69) is 215 Å². The largest absolute Gasteiger partial charge is 0.457 e. The van der Waals surface area contributed by atoms with Gasteiger partial charge in [-0.15, -0.1) is 0 Å². The van der Waals surface area contributed by atoms with Crippen LogP contribution >= 0.6 is 0 Å². The van der Waals surface area contributed by atoms with Gasteiger partial charge in [-0.2, -0.15) is 0 Å². The van der Waals surface area contributed by atoms with Crippen LogP contribution in [0.5, 0.6) is 11.5 Å². The van der Waals surface area contributed by atoms with Crippen LogP contribution in [-0.4, -0.2) is 9.13 Å². The Bertz CT molecular complexity index is 3480. The summed E-state index contributed by atoms with van der Waals surface area (Å²) in [6, 6.07) is 75.4. The van der Waals surface area contributed by atoms with Crippen LogP contribution in [0.2, 0.25) is 0 Å². The molecule has 3 heteroatoms. The van der Waals surface area contributed by atoms with Crippen LogP contribution < -0.4 is 4.74 Å². The van der Waals surface area contributed by atoms with Crippen LogP contribution in [0.15, 0.2) is 206 Å². The molecule has 2 aliphatic heterocycles. The number of aromatic nitrogens is 2. The van der Waals surface area contributed by atoms with Gasteiger partial charge in [-0.1, -0.05) is 146 Å². The topological polar surface area (TPSA) is 19.1 Å². The van der Waals surface area contributed by atoms with Crippen molar-refractivity contribution < 1.29 is 4.74 Å². The molecule has 11 aromatic rings. The first-order chi connectivity index (χ1) is 28.8. The summed E-state index contributed by atoms with van der Waals surface area (Å²) in [6.45, 7) is 0. The molecule has 0 amide bonds. The molecular formula is C55H34N2O. The zero-order chi connectivity index (χ0) is 38.0. The minimum atomic E-state index is -0.602. The van der Waals surface area contributed by atoms with E-state index in [-0.39, 0.29) is 0 Å². The Kier molecular flexibility index (Phi) is 6.37.